The molecule has 0 aliphatic heterocycles. The van der Waals surface area contributed by atoms with Crippen molar-refractivity contribution in [2.24, 2.45) is 10.2 Å². The molecule has 0 unspecified atom stereocenters. The van der Waals surface area contributed by atoms with Crippen molar-refractivity contribution < 1.29 is 4.74 Å². The topological polar surface area (TPSA) is 119 Å². The van der Waals surface area contributed by atoms with E-state index in [0.717, 1.165) is 21.9 Å². The lowest BCUT2D eigenvalue weighted by molar-refractivity contribution is 0.411. The van der Waals surface area contributed by atoms with Crippen molar-refractivity contribution >= 4 is 41.0 Å². The standard InChI is InChI=1S/C31H42N8OS2/c1-4-5-6-7-8-9-10-11-12-16-21-42-24-19-20-25(26(22-24)40-2)39-29(32)28(27(38-39)23-17-14-13-15-18-23)34-35-30-33-31(41-3)37-36-30/h13-15,17-20,22H,4-12,16,21,32H2,1-3H3,(H,33,36,37). The summed E-state index contributed by atoms with van der Waals surface area (Å²) in [6, 6.07) is 16.0. The third-order valence-electron chi connectivity index (χ3n) is 6.98. The molecule has 2 aromatic heterocycles. The number of H-pyrrole nitrogens is 1. The second-order valence-electron chi connectivity index (χ2n) is 10.1. The second-order valence-corrected chi connectivity index (χ2v) is 12.0. The minimum absolute atomic E-state index is 0.298. The Morgan fingerprint density at radius 3 is 2.29 bits per heavy atom. The maximum absolute atomic E-state index is 6.64. The summed E-state index contributed by atoms with van der Waals surface area (Å²) in [5.41, 5.74) is 9.32. The van der Waals surface area contributed by atoms with Gasteiger partial charge in [0.25, 0.3) is 5.95 Å². The lowest BCUT2D eigenvalue weighted by atomic mass is 10.1. The zero-order valence-corrected chi connectivity index (χ0v) is 26.5. The molecule has 0 saturated heterocycles. The van der Waals surface area contributed by atoms with Crippen LogP contribution in [0.15, 0.2) is 68.8 Å². The van der Waals surface area contributed by atoms with E-state index in [0.29, 0.717) is 34.1 Å². The van der Waals surface area contributed by atoms with Crippen LogP contribution in [-0.2, 0) is 0 Å². The van der Waals surface area contributed by atoms with Crippen molar-refractivity contribution in [1.82, 2.24) is 25.0 Å². The van der Waals surface area contributed by atoms with Gasteiger partial charge in [0.05, 0.1) is 7.11 Å². The third kappa shape index (κ3) is 8.84. The van der Waals surface area contributed by atoms with Crippen LogP contribution in [0.4, 0.5) is 17.5 Å². The molecule has 0 amide bonds. The zero-order chi connectivity index (χ0) is 29.6. The summed E-state index contributed by atoms with van der Waals surface area (Å²) in [6.07, 6.45) is 15.3. The van der Waals surface area contributed by atoms with Gasteiger partial charge in [-0.25, -0.2) is 4.68 Å². The first-order valence-electron chi connectivity index (χ1n) is 14.8. The van der Waals surface area contributed by atoms with E-state index in [1.54, 1.807) is 11.8 Å². The number of nitrogens with one attached hydrogen (secondary N) is 1. The van der Waals surface area contributed by atoms with Crippen LogP contribution >= 0.6 is 23.5 Å². The Morgan fingerprint density at radius 2 is 1.62 bits per heavy atom. The van der Waals surface area contributed by atoms with Gasteiger partial charge in [0.1, 0.15) is 17.1 Å². The molecule has 0 aliphatic carbocycles. The Labute approximate surface area is 257 Å². The molecule has 224 valence electrons. The van der Waals surface area contributed by atoms with Gasteiger partial charge >= 0.3 is 0 Å². The van der Waals surface area contributed by atoms with Crippen LogP contribution in [0.2, 0.25) is 0 Å². The van der Waals surface area contributed by atoms with Gasteiger partial charge in [-0.15, -0.1) is 32.2 Å². The van der Waals surface area contributed by atoms with Crippen LogP contribution in [0.1, 0.15) is 71.1 Å². The number of azo groups is 1. The molecular weight excluding hydrogens is 565 g/mol. The summed E-state index contributed by atoms with van der Waals surface area (Å²) >= 11 is 3.30. The number of hydrogen-bond donors (Lipinski definition) is 2. The SMILES string of the molecule is CCCCCCCCCCCCSc1ccc(-n2nc(-c3ccccc3)c(N=Nc3nnc(SC)[nH]3)c2N)c(OC)c1. The highest BCUT2D eigenvalue weighted by Crippen LogP contribution is 2.39. The molecule has 9 nitrogen and oxygen atoms in total. The van der Waals surface area contributed by atoms with E-state index < -0.39 is 0 Å². The van der Waals surface area contributed by atoms with Gasteiger partial charge in [0.2, 0.25) is 0 Å². The molecular formula is C31H42N8OS2. The number of anilines is 1. The Bertz CT molecular complexity index is 1400. The molecule has 0 saturated carbocycles. The van der Waals surface area contributed by atoms with Crippen molar-refractivity contribution in [2.45, 2.75) is 81.2 Å². The normalized spacial score (nSPS) is 11.5. The van der Waals surface area contributed by atoms with Gasteiger partial charge in [-0.05, 0) is 36.6 Å². The maximum atomic E-state index is 6.64. The number of rotatable bonds is 18. The van der Waals surface area contributed by atoms with E-state index in [-0.39, 0.29) is 0 Å². The van der Waals surface area contributed by atoms with Crippen LogP contribution in [0.5, 0.6) is 5.75 Å². The number of aromatic amines is 1. The van der Waals surface area contributed by atoms with Gasteiger partial charge in [0.15, 0.2) is 16.7 Å². The Kier molecular flexibility index (Phi) is 12.8. The van der Waals surface area contributed by atoms with E-state index in [1.807, 2.05) is 54.4 Å². The predicted molar refractivity (Wildman–Crippen MR) is 175 cm³/mol. The minimum atomic E-state index is 0.298. The molecule has 3 N–H and O–H groups in total. The van der Waals surface area contributed by atoms with Crippen molar-refractivity contribution in [3.8, 4) is 22.7 Å². The minimum Gasteiger partial charge on any atom is -0.494 e. The fourth-order valence-electron chi connectivity index (χ4n) is 4.67. The predicted octanol–water partition coefficient (Wildman–Crippen LogP) is 9.40. The van der Waals surface area contributed by atoms with Crippen molar-refractivity contribution in [3.05, 3.63) is 48.5 Å². The monoisotopic (exact) mass is 606 g/mol. The number of unbranched alkanes of at least 4 members (excludes halogenated alkanes) is 9. The molecule has 42 heavy (non-hydrogen) atoms. The smallest absolute Gasteiger partial charge is 0.268 e. The summed E-state index contributed by atoms with van der Waals surface area (Å²) < 4.78 is 7.46. The van der Waals surface area contributed by atoms with Gasteiger partial charge in [-0.1, -0.05) is 107 Å². The first kappa shape index (κ1) is 31.6. The molecule has 0 spiro atoms. The van der Waals surface area contributed by atoms with Crippen molar-refractivity contribution in [1.29, 1.82) is 0 Å². The number of nitrogens with zero attached hydrogens (tertiary/aromatic N) is 6. The van der Waals surface area contributed by atoms with E-state index in [4.69, 9.17) is 15.6 Å². The van der Waals surface area contributed by atoms with Crippen LogP contribution < -0.4 is 10.5 Å². The maximum Gasteiger partial charge on any atom is 0.268 e. The molecule has 2 heterocycles. The quantitative estimate of drug-likeness (QED) is 0.0657. The van der Waals surface area contributed by atoms with Crippen LogP contribution in [0.3, 0.4) is 0 Å². The molecule has 0 radical (unpaired) electrons. The van der Waals surface area contributed by atoms with Crippen LogP contribution in [0.25, 0.3) is 16.9 Å². The number of nitrogen functional groups attached to an aromatic ring is 1. The van der Waals surface area contributed by atoms with E-state index >= 15 is 0 Å². The molecule has 0 bridgehead atoms. The number of ether oxygens (including phenoxy) is 1. The van der Waals surface area contributed by atoms with Crippen LogP contribution in [-0.4, -0.2) is 44.1 Å². The molecule has 0 aliphatic rings. The Hall–Kier alpha value is -3.31. The van der Waals surface area contributed by atoms with Gasteiger partial charge in [0, 0.05) is 10.5 Å². The first-order valence-corrected chi connectivity index (χ1v) is 17.0. The van der Waals surface area contributed by atoms with Crippen LogP contribution in [0, 0.1) is 0 Å². The second kappa shape index (κ2) is 17.0. The molecule has 11 heteroatoms. The number of aromatic nitrogens is 5. The molecule has 4 rings (SSSR count). The van der Waals surface area contributed by atoms with Gasteiger partial charge < -0.3 is 10.5 Å². The number of thioether (sulfide) groups is 2. The van der Waals surface area contributed by atoms with E-state index in [2.05, 4.69) is 44.5 Å². The summed E-state index contributed by atoms with van der Waals surface area (Å²) in [4.78, 5) is 4.17. The van der Waals surface area contributed by atoms with Crippen molar-refractivity contribution in [2.75, 3.05) is 24.9 Å². The number of methoxy groups -OCH3 is 1. The number of hydrogen-bond acceptors (Lipinski definition) is 9. The summed E-state index contributed by atoms with van der Waals surface area (Å²) in [6.45, 7) is 2.27. The van der Waals surface area contributed by atoms with Gasteiger partial charge in [-0.2, -0.15) is 5.10 Å². The average Bonchev–Trinajstić information content (AvgIpc) is 3.63. The highest BCUT2D eigenvalue weighted by Gasteiger charge is 2.21. The van der Waals surface area contributed by atoms with Crippen molar-refractivity contribution in [3.63, 3.8) is 0 Å². The summed E-state index contributed by atoms with van der Waals surface area (Å²) in [5, 5.41) is 22.2. The highest BCUT2D eigenvalue weighted by molar-refractivity contribution is 7.99. The average molecular weight is 607 g/mol. The summed E-state index contributed by atoms with van der Waals surface area (Å²) in [7, 11) is 1.67. The summed E-state index contributed by atoms with van der Waals surface area (Å²) in [5.74, 6) is 2.43. The fourth-order valence-corrected chi connectivity index (χ4v) is 5.93. The fraction of sp³-hybridized carbons (Fsp3) is 0.452. The largest absolute Gasteiger partial charge is 0.494 e. The lowest BCUT2D eigenvalue weighted by Gasteiger charge is -2.12. The number of benzene rings is 2. The first-order chi connectivity index (χ1) is 20.6. The highest BCUT2D eigenvalue weighted by atomic mass is 32.2. The lowest BCUT2D eigenvalue weighted by Crippen LogP contribution is -2.04. The molecule has 2 aromatic carbocycles. The third-order valence-corrected chi connectivity index (χ3v) is 8.63. The Balaban J connectivity index is 1.43. The Morgan fingerprint density at radius 1 is 0.905 bits per heavy atom. The molecule has 0 fully saturated rings. The molecule has 4 aromatic rings. The number of nitrogens with two attached hydrogens (primary N) is 1. The molecule has 0 atom stereocenters. The zero-order valence-electron chi connectivity index (χ0n) is 24.9. The van der Waals surface area contributed by atoms with E-state index in [9.17, 15) is 0 Å². The van der Waals surface area contributed by atoms with Gasteiger partial charge in [-0.3, -0.25) is 4.98 Å². The van der Waals surface area contributed by atoms with E-state index in [1.165, 1.54) is 76.0 Å².